The Hall–Kier alpha value is -0.805. The Balaban J connectivity index is 3.15. The fraction of sp³-hybridized carbons (Fsp3) is 0.850. The minimum absolute atomic E-state index is 0.219. The van der Waals surface area contributed by atoms with E-state index in [9.17, 15) is 4.79 Å². The highest BCUT2D eigenvalue weighted by Crippen LogP contribution is 2.39. The molecule has 0 bridgehead atoms. The van der Waals surface area contributed by atoms with Gasteiger partial charge in [-0.15, -0.1) is 0 Å². The van der Waals surface area contributed by atoms with Gasteiger partial charge in [0.15, 0.2) is 0 Å². The summed E-state index contributed by atoms with van der Waals surface area (Å²) in [6.07, 6.45) is 4.57. The maximum atomic E-state index is 12.7. The van der Waals surface area contributed by atoms with Crippen molar-refractivity contribution in [3.8, 4) is 0 Å². The van der Waals surface area contributed by atoms with Gasteiger partial charge in [-0.2, -0.15) is 0 Å². The first-order valence-electron chi connectivity index (χ1n) is 9.84. The Kier molecular flexibility index (Phi) is 8.20. The van der Waals surface area contributed by atoms with Gasteiger partial charge in [0.25, 0.3) is 0 Å². The van der Waals surface area contributed by atoms with Crippen LogP contribution >= 0.6 is 0 Å². The van der Waals surface area contributed by atoms with E-state index in [2.05, 4.69) is 20.8 Å². The third-order valence-electron chi connectivity index (χ3n) is 5.59. The average molecular weight is 352 g/mol. The summed E-state index contributed by atoms with van der Waals surface area (Å²) in [5.74, 6) is 0.136. The van der Waals surface area contributed by atoms with Gasteiger partial charge in [0.2, 0.25) is 0 Å². The van der Waals surface area contributed by atoms with Gasteiger partial charge in [-0.25, -0.2) is 4.79 Å². The highest BCUT2D eigenvalue weighted by atomic mass is 16.7. The number of unbranched alkanes of at least 4 members (excludes halogenated alkanes) is 1. The highest BCUT2D eigenvalue weighted by Gasteiger charge is 2.51. The first kappa shape index (κ1) is 22.2. The molecule has 0 aliphatic carbocycles. The fourth-order valence-corrected chi connectivity index (χ4v) is 3.09. The molecule has 1 aliphatic heterocycles. The van der Waals surface area contributed by atoms with Gasteiger partial charge in [-0.3, -0.25) is 0 Å². The first-order chi connectivity index (χ1) is 11.6. The van der Waals surface area contributed by atoms with E-state index in [0.29, 0.717) is 18.8 Å². The molecule has 0 aromatic heterocycles. The van der Waals surface area contributed by atoms with Gasteiger partial charge in [0, 0.05) is 11.9 Å². The standard InChI is InChI=1S/C20H37BO4/c1-9-12-13-16(15(4)10-2)17(18(22)23-11-3)14-21-24-19(5,6)20(7,8)25-21/h15H,9-14H2,1-8H3/b17-16+. The molecule has 4 nitrogen and oxygen atoms in total. The van der Waals surface area contributed by atoms with Crippen LogP contribution in [0.3, 0.4) is 0 Å². The molecular formula is C20H37BO4. The second kappa shape index (κ2) is 9.22. The Morgan fingerprint density at radius 1 is 1.08 bits per heavy atom. The second-order valence-electron chi connectivity index (χ2n) is 8.03. The molecule has 0 saturated carbocycles. The largest absolute Gasteiger partial charge is 0.463 e. The van der Waals surface area contributed by atoms with Crippen molar-refractivity contribution >= 4 is 13.1 Å². The van der Waals surface area contributed by atoms with E-state index in [1.807, 2.05) is 34.6 Å². The second-order valence-corrected chi connectivity index (χ2v) is 8.03. The van der Waals surface area contributed by atoms with Gasteiger partial charge in [0.1, 0.15) is 0 Å². The summed E-state index contributed by atoms with van der Waals surface area (Å²) in [5, 5.41) is 0. The zero-order chi connectivity index (χ0) is 19.3. The number of hydrogen-bond donors (Lipinski definition) is 0. The van der Waals surface area contributed by atoms with Crippen LogP contribution in [0.5, 0.6) is 0 Å². The summed E-state index contributed by atoms with van der Waals surface area (Å²) in [7, 11) is -0.412. The van der Waals surface area contributed by atoms with E-state index in [-0.39, 0.29) is 5.97 Å². The normalized spacial score (nSPS) is 21.0. The third kappa shape index (κ3) is 5.58. The molecule has 0 aromatic carbocycles. The number of allylic oxidation sites excluding steroid dienone is 1. The molecule has 1 aliphatic rings. The van der Waals surface area contributed by atoms with Gasteiger partial charge in [-0.05, 0) is 59.8 Å². The Morgan fingerprint density at radius 3 is 2.08 bits per heavy atom. The zero-order valence-corrected chi connectivity index (χ0v) is 17.5. The summed E-state index contributed by atoms with van der Waals surface area (Å²) in [6.45, 7) is 16.9. The van der Waals surface area contributed by atoms with E-state index < -0.39 is 18.3 Å². The highest BCUT2D eigenvalue weighted by molar-refractivity contribution is 6.47. The van der Waals surface area contributed by atoms with Crippen LogP contribution in [0, 0.1) is 5.92 Å². The minimum atomic E-state index is -0.412. The molecule has 1 heterocycles. The molecule has 0 radical (unpaired) electrons. The molecule has 144 valence electrons. The van der Waals surface area contributed by atoms with Crippen LogP contribution in [0.4, 0.5) is 0 Å². The molecule has 1 fully saturated rings. The zero-order valence-electron chi connectivity index (χ0n) is 17.5. The van der Waals surface area contributed by atoms with Gasteiger partial charge >= 0.3 is 13.1 Å². The summed E-state index contributed by atoms with van der Waals surface area (Å²) >= 11 is 0. The van der Waals surface area contributed by atoms with Crippen molar-refractivity contribution in [1.29, 1.82) is 0 Å². The summed E-state index contributed by atoms with van der Waals surface area (Å²) in [4.78, 5) is 12.7. The van der Waals surface area contributed by atoms with Crippen molar-refractivity contribution in [3.63, 3.8) is 0 Å². The van der Waals surface area contributed by atoms with E-state index in [1.165, 1.54) is 5.57 Å². The predicted octanol–water partition coefficient (Wildman–Crippen LogP) is 5.17. The van der Waals surface area contributed by atoms with E-state index in [4.69, 9.17) is 14.0 Å². The smallest absolute Gasteiger partial charge is 0.462 e. The summed E-state index contributed by atoms with van der Waals surface area (Å²) in [6, 6.07) is 0. The van der Waals surface area contributed by atoms with Gasteiger partial charge in [0.05, 0.1) is 17.8 Å². The molecule has 1 unspecified atom stereocenters. The van der Waals surface area contributed by atoms with E-state index >= 15 is 0 Å². The lowest BCUT2D eigenvalue weighted by atomic mass is 9.76. The fourth-order valence-electron chi connectivity index (χ4n) is 3.09. The monoisotopic (exact) mass is 352 g/mol. The molecule has 25 heavy (non-hydrogen) atoms. The number of esters is 1. The van der Waals surface area contributed by atoms with Crippen molar-refractivity contribution in [2.24, 2.45) is 5.92 Å². The number of carbonyl (C=O) groups is 1. The SMILES string of the molecule is CCCC/C(=C(/CB1OC(C)(C)C(C)(C)O1)C(=O)OCC)C(C)CC. The average Bonchev–Trinajstić information content (AvgIpc) is 2.73. The topological polar surface area (TPSA) is 44.8 Å². The molecule has 0 N–H and O–H groups in total. The quantitative estimate of drug-likeness (QED) is 0.326. The van der Waals surface area contributed by atoms with Crippen LogP contribution in [0.1, 0.15) is 81.1 Å². The lowest BCUT2D eigenvalue weighted by Gasteiger charge is -2.32. The van der Waals surface area contributed by atoms with Crippen molar-refractivity contribution in [2.75, 3.05) is 6.61 Å². The molecule has 1 atom stereocenters. The molecule has 0 spiro atoms. The van der Waals surface area contributed by atoms with Crippen LogP contribution in [0.15, 0.2) is 11.1 Å². The molecule has 0 amide bonds. The summed E-state index contributed by atoms with van der Waals surface area (Å²) in [5.41, 5.74) is 1.18. The molecular weight excluding hydrogens is 315 g/mol. The van der Waals surface area contributed by atoms with Crippen molar-refractivity contribution in [3.05, 3.63) is 11.1 Å². The van der Waals surface area contributed by atoms with E-state index in [0.717, 1.165) is 31.3 Å². The van der Waals surface area contributed by atoms with Crippen LogP contribution in [0.2, 0.25) is 6.32 Å². The molecule has 5 heteroatoms. The lowest BCUT2D eigenvalue weighted by Crippen LogP contribution is -2.41. The maximum Gasteiger partial charge on any atom is 0.462 e. The van der Waals surface area contributed by atoms with Crippen molar-refractivity contribution in [1.82, 2.24) is 0 Å². The summed E-state index contributed by atoms with van der Waals surface area (Å²) < 4.78 is 17.6. The molecule has 1 saturated heterocycles. The van der Waals surface area contributed by atoms with Crippen LogP contribution in [0.25, 0.3) is 0 Å². The van der Waals surface area contributed by atoms with Crippen molar-refractivity contribution in [2.45, 2.75) is 98.6 Å². The van der Waals surface area contributed by atoms with Gasteiger partial charge < -0.3 is 14.0 Å². The molecule has 0 aromatic rings. The van der Waals surface area contributed by atoms with Crippen LogP contribution in [-0.4, -0.2) is 30.9 Å². The van der Waals surface area contributed by atoms with Gasteiger partial charge in [-0.1, -0.05) is 32.8 Å². The van der Waals surface area contributed by atoms with Crippen molar-refractivity contribution < 1.29 is 18.8 Å². The Morgan fingerprint density at radius 2 is 1.64 bits per heavy atom. The Labute approximate surface area is 154 Å². The minimum Gasteiger partial charge on any atom is -0.463 e. The molecule has 1 rings (SSSR count). The maximum absolute atomic E-state index is 12.7. The van der Waals surface area contributed by atoms with E-state index in [1.54, 1.807) is 0 Å². The number of rotatable bonds is 9. The first-order valence-corrected chi connectivity index (χ1v) is 9.84. The number of hydrogen-bond acceptors (Lipinski definition) is 4. The number of ether oxygens (including phenoxy) is 1. The third-order valence-corrected chi connectivity index (χ3v) is 5.59. The number of carbonyl (C=O) groups excluding carboxylic acids is 1. The Bertz CT molecular complexity index is 466. The predicted molar refractivity (Wildman–Crippen MR) is 104 cm³/mol. The van der Waals surface area contributed by atoms with Crippen LogP contribution < -0.4 is 0 Å². The van der Waals surface area contributed by atoms with Crippen LogP contribution in [-0.2, 0) is 18.8 Å². The lowest BCUT2D eigenvalue weighted by molar-refractivity contribution is -0.138.